The summed E-state index contributed by atoms with van der Waals surface area (Å²) in [5.74, 6) is -0.315. The van der Waals surface area contributed by atoms with Crippen LogP contribution in [0.4, 0.5) is 0 Å². The van der Waals surface area contributed by atoms with Crippen LogP contribution in [0.25, 0.3) is 0 Å². The van der Waals surface area contributed by atoms with Crippen molar-refractivity contribution in [3.05, 3.63) is 65.5 Å². The van der Waals surface area contributed by atoms with Crippen LogP contribution in [0, 0.1) is 6.92 Å². The molecule has 0 aliphatic heterocycles. The molecule has 1 aromatic carbocycles. The van der Waals surface area contributed by atoms with E-state index in [1.165, 1.54) is 11.1 Å². The second-order valence-electron chi connectivity index (χ2n) is 4.54. The number of aryl methyl sites for hydroxylation is 1. The summed E-state index contributed by atoms with van der Waals surface area (Å²) >= 11 is 0. The van der Waals surface area contributed by atoms with E-state index in [1.54, 1.807) is 24.5 Å². The standard InChI is InChI=1S/C16H18N2O2/c1-13-3-2-4-14(11-13)12-18-9-10-20-16(19)15-5-7-17-8-6-15/h2-8,11,18H,9-10,12H2,1H3. The third-order valence-electron chi connectivity index (χ3n) is 2.84. The molecule has 0 bridgehead atoms. The lowest BCUT2D eigenvalue weighted by Gasteiger charge is -2.07. The van der Waals surface area contributed by atoms with Gasteiger partial charge in [0.15, 0.2) is 0 Å². The lowest BCUT2D eigenvalue weighted by Crippen LogP contribution is -2.21. The number of hydrogen-bond donors (Lipinski definition) is 1. The van der Waals surface area contributed by atoms with Crippen molar-refractivity contribution in [3.8, 4) is 0 Å². The van der Waals surface area contributed by atoms with Crippen LogP contribution in [0.1, 0.15) is 21.5 Å². The monoisotopic (exact) mass is 270 g/mol. The molecule has 1 N–H and O–H groups in total. The number of nitrogens with one attached hydrogen (secondary N) is 1. The van der Waals surface area contributed by atoms with Crippen molar-refractivity contribution in [2.75, 3.05) is 13.2 Å². The van der Waals surface area contributed by atoms with Gasteiger partial charge in [-0.25, -0.2) is 4.79 Å². The Morgan fingerprint density at radius 2 is 2.05 bits per heavy atom. The number of aromatic nitrogens is 1. The first-order valence-corrected chi connectivity index (χ1v) is 6.59. The van der Waals surface area contributed by atoms with Gasteiger partial charge in [-0.15, -0.1) is 0 Å². The highest BCUT2D eigenvalue weighted by Crippen LogP contribution is 2.03. The molecule has 0 spiro atoms. The Balaban J connectivity index is 1.66. The quantitative estimate of drug-likeness (QED) is 0.646. The molecule has 0 radical (unpaired) electrons. The summed E-state index contributed by atoms with van der Waals surface area (Å²) in [7, 11) is 0. The maximum Gasteiger partial charge on any atom is 0.338 e. The van der Waals surface area contributed by atoms with Crippen LogP contribution in [0.15, 0.2) is 48.8 Å². The highest BCUT2D eigenvalue weighted by molar-refractivity contribution is 5.89. The minimum absolute atomic E-state index is 0.315. The molecule has 20 heavy (non-hydrogen) atoms. The smallest absolute Gasteiger partial charge is 0.338 e. The summed E-state index contributed by atoms with van der Waals surface area (Å²) in [6, 6.07) is 11.6. The van der Waals surface area contributed by atoms with Gasteiger partial charge >= 0.3 is 5.97 Å². The van der Waals surface area contributed by atoms with E-state index in [4.69, 9.17) is 4.74 Å². The number of benzene rings is 1. The molecule has 4 heteroatoms. The topological polar surface area (TPSA) is 51.2 Å². The van der Waals surface area contributed by atoms with Gasteiger partial charge in [-0.05, 0) is 24.6 Å². The van der Waals surface area contributed by atoms with Gasteiger partial charge in [-0.1, -0.05) is 29.8 Å². The van der Waals surface area contributed by atoms with Crippen molar-refractivity contribution in [3.63, 3.8) is 0 Å². The van der Waals surface area contributed by atoms with E-state index >= 15 is 0 Å². The fourth-order valence-corrected chi connectivity index (χ4v) is 1.84. The summed E-state index contributed by atoms with van der Waals surface area (Å²) in [5, 5.41) is 3.25. The number of carbonyl (C=O) groups excluding carboxylic acids is 1. The van der Waals surface area contributed by atoms with Crippen molar-refractivity contribution in [2.45, 2.75) is 13.5 Å². The summed E-state index contributed by atoms with van der Waals surface area (Å²) in [4.78, 5) is 15.5. The molecule has 0 saturated carbocycles. The number of nitrogens with zero attached hydrogens (tertiary/aromatic N) is 1. The average Bonchev–Trinajstić information content (AvgIpc) is 2.48. The SMILES string of the molecule is Cc1cccc(CNCCOC(=O)c2ccncc2)c1. The van der Waals surface area contributed by atoms with E-state index < -0.39 is 0 Å². The molecular formula is C16H18N2O2. The summed E-state index contributed by atoms with van der Waals surface area (Å²) in [6.07, 6.45) is 3.15. The second-order valence-corrected chi connectivity index (χ2v) is 4.54. The highest BCUT2D eigenvalue weighted by Gasteiger charge is 2.05. The predicted molar refractivity (Wildman–Crippen MR) is 77.4 cm³/mol. The largest absolute Gasteiger partial charge is 0.461 e. The molecule has 1 heterocycles. The zero-order valence-corrected chi connectivity index (χ0v) is 11.5. The lowest BCUT2D eigenvalue weighted by molar-refractivity contribution is 0.0508. The van der Waals surface area contributed by atoms with Crippen LogP contribution in [-0.4, -0.2) is 24.1 Å². The molecule has 0 aliphatic carbocycles. The number of rotatable bonds is 6. The van der Waals surface area contributed by atoms with Gasteiger partial charge in [0.05, 0.1) is 5.56 Å². The minimum atomic E-state index is -0.315. The maximum atomic E-state index is 11.6. The first-order valence-electron chi connectivity index (χ1n) is 6.59. The van der Waals surface area contributed by atoms with Gasteiger partial charge in [-0.3, -0.25) is 4.98 Å². The maximum absolute atomic E-state index is 11.6. The molecular weight excluding hydrogens is 252 g/mol. The van der Waals surface area contributed by atoms with E-state index in [0.29, 0.717) is 18.7 Å². The molecule has 0 atom stereocenters. The molecule has 0 fully saturated rings. The van der Waals surface area contributed by atoms with Crippen LogP contribution in [0.5, 0.6) is 0 Å². The van der Waals surface area contributed by atoms with Crippen molar-refractivity contribution in [2.24, 2.45) is 0 Å². The Bertz CT molecular complexity index is 555. The number of pyridine rings is 1. The zero-order chi connectivity index (χ0) is 14.2. The minimum Gasteiger partial charge on any atom is -0.461 e. The van der Waals surface area contributed by atoms with Crippen molar-refractivity contribution < 1.29 is 9.53 Å². The average molecular weight is 270 g/mol. The fourth-order valence-electron chi connectivity index (χ4n) is 1.84. The summed E-state index contributed by atoms with van der Waals surface area (Å²) < 4.78 is 5.16. The van der Waals surface area contributed by atoms with E-state index in [-0.39, 0.29) is 5.97 Å². The molecule has 0 aliphatic rings. The normalized spacial score (nSPS) is 10.2. The van der Waals surface area contributed by atoms with E-state index in [0.717, 1.165) is 6.54 Å². The number of carbonyl (C=O) groups is 1. The van der Waals surface area contributed by atoms with Crippen LogP contribution in [0.2, 0.25) is 0 Å². The Morgan fingerprint density at radius 3 is 2.80 bits per heavy atom. The van der Waals surface area contributed by atoms with Gasteiger partial charge in [0.1, 0.15) is 6.61 Å². The Hall–Kier alpha value is -2.20. The number of hydrogen-bond acceptors (Lipinski definition) is 4. The van der Waals surface area contributed by atoms with Crippen molar-refractivity contribution in [1.29, 1.82) is 0 Å². The highest BCUT2D eigenvalue weighted by atomic mass is 16.5. The van der Waals surface area contributed by atoms with E-state index in [9.17, 15) is 4.79 Å². The lowest BCUT2D eigenvalue weighted by atomic mass is 10.1. The molecule has 2 aromatic rings. The Morgan fingerprint density at radius 1 is 1.25 bits per heavy atom. The van der Waals surface area contributed by atoms with Gasteiger partial charge < -0.3 is 10.1 Å². The molecule has 104 valence electrons. The first-order chi connectivity index (χ1) is 9.75. The third kappa shape index (κ3) is 4.48. The van der Waals surface area contributed by atoms with Crippen LogP contribution >= 0.6 is 0 Å². The predicted octanol–water partition coefficient (Wildman–Crippen LogP) is 2.34. The third-order valence-corrected chi connectivity index (χ3v) is 2.84. The molecule has 4 nitrogen and oxygen atoms in total. The van der Waals surface area contributed by atoms with Gasteiger partial charge in [0.2, 0.25) is 0 Å². The summed E-state index contributed by atoms with van der Waals surface area (Å²) in [6.45, 7) is 3.83. The van der Waals surface area contributed by atoms with Crippen LogP contribution < -0.4 is 5.32 Å². The molecule has 0 saturated heterocycles. The van der Waals surface area contributed by atoms with Gasteiger partial charge in [0, 0.05) is 25.5 Å². The van der Waals surface area contributed by atoms with Crippen LogP contribution in [0.3, 0.4) is 0 Å². The zero-order valence-electron chi connectivity index (χ0n) is 11.5. The van der Waals surface area contributed by atoms with Gasteiger partial charge in [-0.2, -0.15) is 0 Å². The Kier molecular flexibility index (Phi) is 5.26. The van der Waals surface area contributed by atoms with Crippen LogP contribution in [-0.2, 0) is 11.3 Å². The first kappa shape index (κ1) is 14.2. The van der Waals surface area contributed by atoms with Crippen molar-refractivity contribution >= 4 is 5.97 Å². The molecule has 0 amide bonds. The van der Waals surface area contributed by atoms with E-state index in [1.807, 2.05) is 6.07 Å². The summed E-state index contributed by atoms with van der Waals surface area (Å²) in [5.41, 5.74) is 3.00. The molecule has 2 rings (SSSR count). The Labute approximate surface area is 118 Å². The number of esters is 1. The second kappa shape index (κ2) is 7.40. The van der Waals surface area contributed by atoms with E-state index in [2.05, 4.69) is 35.4 Å². The molecule has 1 aromatic heterocycles. The van der Waals surface area contributed by atoms with Gasteiger partial charge in [0.25, 0.3) is 0 Å². The van der Waals surface area contributed by atoms with Crippen molar-refractivity contribution in [1.82, 2.24) is 10.3 Å². The molecule has 0 unspecified atom stereocenters. The fraction of sp³-hybridized carbons (Fsp3) is 0.250. The number of ether oxygens (including phenoxy) is 1.